The molecule has 4 rings (SSSR count). The number of nitrogens with one attached hydrogen (secondary N) is 2. The molecule has 0 aliphatic carbocycles. The minimum absolute atomic E-state index is 0.0910. The van der Waals surface area contributed by atoms with Gasteiger partial charge in [0.15, 0.2) is 5.16 Å². The average Bonchev–Trinajstić information content (AvgIpc) is 3.32. The van der Waals surface area contributed by atoms with Gasteiger partial charge in [-0.05, 0) is 60.9 Å². The number of thioether (sulfide) groups is 1. The van der Waals surface area contributed by atoms with Crippen molar-refractivity contribution in [1.29, 1.82) is 0 Å². The van der Waals surface area contributed by atoms with E-state index in [-0.39, 0.29) is 17.6 Å². The van der Waals surface area contributed by atoms with E-state index in [0.29, 0.717) is 17.8 Å². The lowest BCUT2D eigenvalue weighted by Crippen LogP contribution is -2.24. The van der Waals surface area contributed by atoms with Crippen molar-refractivity contribution in [1.82, 2.24) is 19.9 Å². The summed E-state index contributed by atoms with van der Waals surface area (Å²) in [6, 6.07) is 17.0. The Bertz CT molecular complexity index is 1300. The molecule has 7 nitrogen and oxygen atoms in total. The Kier molecular flexibility index (Phi) is 7.39. The number of carbonyl (C=O) groups excluding carboxylic acids is 2. The lowest BCUT2D eigenvalue weighted by Gasteiger charge is -2.12. The quantitative estimate of drug-likeness (QED) is 0.368. The second-order valence-corrected chi connectivity index (χ2v) is 8.77. The number of imidazole rings is 1. The van der Waals surface area contributed by atoms with Gasteiger partial charge in [-0.15, -0.1) is 0 Å². The predicted molar refractivity (Wildman–Crippen MR) is 134 cm³/mol. The van der Waals surface area contributed by atoms with Gasteiger partial charge in [0, 0.05) is 42.6 Å². The zero-order valence-corrected chi connectivity index (χ0v) is 19.8. The third-order valence-corrected chi connectivity index (χ3v) is 6.15. The molecule has 0 saturated heterocycles. The van der Waals surface area contributed by atoms with E-state index in [9.17, 15) is 9.59 Å². The maximum Gasteiger partial charge on any atom is 0.255 e. The number of amides is 2. The maximum atomic E-state index is 12.5. The van der Waals surface area contributed by atoms with Crippen LogP contribution in [0.25, 0.3) is 5.69 Å². The minimum Gasteiger partial charge on any atom is -0.351 e. The largest absolute Gasteiger partial charge is 0.351 e. The number of hydrogen-bond acceptors (Lipinski definition) is 5. The van der Waals surface area contributed by atoms with Crippen LogP contribution in [0.2, 0.25) is 0 Å². The smallest absolute Gasteiger partial charge is 0.255 e. The third-order valence-electron chi connectivity index (χ3n) is 5.18. The van der Waals surface area contributed by atoms with E-state index in [0.717, 1.165) is 22.0 Å². The highest BCUT2D eigenvalue weighted by atomic mass is 32.2. The van der Waals surface area contributed by atoms with Crippen molar-refractivity contribution in [3.05, 3.63) is 102 Å². The van der Waals surface area contributed by atoms with Gasteiger partial charge in [0.25, 0.3) is 5.91 Å². The molecule has 0 unspecified atom stereocenters. The van der Waals surface area contributed by atoms with E-state index in [4.69, 9.17) is 0 Å². The van der Waals surface area contributed by atoms with Gasteiger partial charge in [-0.1, -0.05) is 36.0 Å². The van der Waals surface area contributed by atoms with Gasteiger partial charge in [-0.25, -0.2) is 4.98 Å². The summed E-state index contributed by atoms with van der Waals surface area (Å²) in [6.07, 6.45) is 6.81. The van der Waals surface area contributed by atoms with Gasteiger partial charge in [-0.3, -0.25) is 19.1 Å². The molecule has 2 aromatic heterocycles. The Morgan fingerprint density at radius 2 is 1.82 bits per heavy atom. The van der Waals surface area contributed by atoms with E-state index in [1.807, 2.05) is 35.0 Å². The number of nitrogens with zero attached hydrogens (tertiary/aromatic N) is 3. The van der Waals surface area contributed by atoms with Crippen molar-refractivity contribution in [3.8, 4) is 5.69 Å². The Morgan fingerprint density at radius 1 is 1.00 bits per heavy atom. The van der Waals surface area contributed by atoms with Crippen molar-refractivity contribution >= 4 is 29.3 Å². The summed E-state index contributed by atoms with van der Waals surface area (Å²) in [5, 5.41) is 6.57. The average molecular weight is 472 g/mol. The lowest BCUT2D eigenvalue weighted by molar-refractivity contribution is -0.118. The van der Waals surface area contributed by atoms with Gasteiger partial charge in [0.2, 0.25) is 5.91 Å². The second-order valence-electron chi connectivity index (χ2n) is 7.83. The molecule has 0 aliphatic heterocycles. The molecule has 34 heavy (non-hydrogen) atoms. The van der Waals surface area contributed by atoms with E-state index in [1.54, 1.807) is 30.7 Å². The minimum atomic E-state index is -0.209. The topological polar surface area (TPSA) is 88.9 Å². The van der Waals surface area contributed by atoms with Crippen LogP contribution < -0.4 is 10.6 Å². The fourth-order valence-electron chi connectivity index (χ4n) is 3.41. The highest BCUT2D eigenvalue weighted by Crippen LogP contribution is 2.23. The van der Waals surface area contributed by atoms with Crippen LogP contribution in [0.5, 0.6) is 0 Å². The number of rotatable bonds is 8. The van der Waals surface area contributed by atoms with Crippen molar-refractivity contribution in [2.75, 3.05) is 11.1 Å². The molecule has 2 N–H and O–H groups in total. The van der Waals surface area contributed by atoms with Crippen LogP contribution in [0.4, 0.5) is 5.69 Å². The molecular weight excluding hydrogens is 446 g/mol. The number of carbonyl (C=O) groups is 2. The zero-order chi connectivity index (χ0) is 23.9. The first kappa shape index (κ1) is 23.3. The van der Waals surface area contributed by atoms with Crippen LogP contribution in [0.3, 0.4) is 0 Å². The summed E-state index contributed by atoms with van der Waals surface area (Å²) in [5.74, 6) is -0.0496. The van der Waals surface area contributed by atoms with Crippen LogP contribution in [0.15, 0.2) is 84.5 Å². The normalized spacial score (nSPS) is 10.6. The first-order valence-corrected chi connectivity index (χ1v) is 11.8. The first-order chi connectivity index (χ1) is 16.5. The van der Waals surface area contributed by atoms with E-state index >= 15 is 0 Å². The Hall–Kier alpha value is -3.91. The number of aryl methyl sites for hydroxylation is 2. The number of pyridine rings is 1. The summed E-state index contributed by atoms with van der Waals surface area (Å²) < 4.78 is 2.01. The second kappa shape index (κ2) is 10.8. The Balaban J connectivity index is 1.32. The van der Waals surface area contributed by atoms with Crippen LogP contribution in [0, 0.1) is 13.8 Å². The zero-order valence-electron chi connectivity index (χ0n) is 19.0. The molecule has 0 radical (unpaired) electrons. The SMILES string of the molecule is Cc1ccc(C)c(-n2ccnc2SCC(=O)NCc2cccc(NC(=O)c3ccncc3)c2)c1. The van der Waals surface area contributed by atoms with E-state index in [2.05, 4.69) is 52.6 Å². The molecule has 2 heterocycles. The molecule has 0 saturated carbocycles. The summed E-state index contributed by atoms with van der Waals surface area (Å²) in [4.78, 5) is 33.2. The van der Waals surface area contributed by atoms with Crippen LogP contribution in [-0.4, -0.2) is 32.1 Å². The number of hydrogen-bond donors (Lipinski definition) is 2. The molecule has 0 fully saturated rings. The van der Waals surface area contributed by atoms with Gasteiger partial charge in [-0.2, -0.15) is 0 Å². The van der Waals surface area contributed by atoms with Crippen molar-refractivity contribution in [3.63, 3.8) is 0 Å². The van der Waals surface area contributed by atoms with Gasteiger partial charge in [0.05, 0.1) is 11.4 Å². The third kappa shape index (κ3) is 5.90. The highest BCUT2D eigenvalue weighted by molar-refractivity contribution is 7.99. The predicted octanol–water partition coefficient (Wildman–Crippen LogP) is 4.54. The Labute approximate surface area is 202 Å². The molecule has 4 aromatic rings. The summed E-state index contributed by atoms with van der Waals surface area (Å²) in [7, 11) is 0. The number of aromatic nitrogens is 3. The monoisotopic (exact) mass is 471 g/mol. The van der Waals surface area contributed by atoms with Crippen LogP contribution in [0.1, 0.15) is 27.0 Å². The van der Waals surface area contributed by atoms with Crippen LogP contribution >= 0.6 is 11.8 Å². The maximum absolute atomic E-state index is 12.5. The Morgan fingerprint density at radius 3 is 2.65 bits per heavy atom. The van der Waals surface area contributed by atoms with E-state index in [1.165, 1.54) is 17.3 Å². The van der Waals surface area contributed by atoms with Gasteiger partial charge in [0.1, 0.15) is 0 Å². The number of benzene rings is 2. The standard InChI is InChI=1S/C26H25N5O2S/c1-18-6-7-19(2)23(14-18)31-13-12-28-26(31)34-17-24(32)29-16-20-4-3-5-22(15-20)30-25(33)21-8-10-27-11-9-21/h3-15H,16-17H2,1-2H3,(H,29,32)(H,30,33). The molecule has 2 amide bonds. The fraction of sp³-hybridized carbons (Fsp3) is 0.154. The molecule has 172 valence electrons. The van der Waals surface area contributed by atoms with Crippen molar-refractivity contribution < 1.29 is 9.59 Å². The summed E-state index contributed by atoms with van der Waals surface area (Å²) >= 11 is 1.39. The number of anilines is 1. The van der Waals surface area contributed by atoms with E-state index < -0.39 is 0 Å². The summed E-state index contributed by atoms with van der Waals surface area (Å²) in [6.45, 7) is 4.48. The molecule has 0 bridgehead atoms. The van der Waals surface area contributed by atoms with Gasteiger partial charge >= 0.3 is 0 Å². The van der Waals surface area contributed by atoms with Crippen molar-refractivity contribution in [2.24, 2.45) is 0 Å². The molecule has 2 aromatic carbocycles. The van der Waals surface area contributed by atoms with Crippen LogP contribution in [-0.2, 0) is 11.3 Å². The molecular formula is C26H25N5O2S. The molecule has 0 atom stereocenters. The highest BCUT2D eigenvalue weighted by Gasteiger charge is 2.11. The summed E-state index contributed by atoms with van der Waals surface area (Å²) in [5.41, 5.74) is 5.46. The molecule has 0 spiro atoms. The molecule has 8 heteroatoms. The van der Waals surface area contributed by atoms with Gasteiger partial charge < -0.3 is 10.6 Å². The first-order valence-electron chi connectivity index (χ1n) is 10.8. The van der Waals surface area contributed by atoms with Crippen molar-refractivity contribution in [2.45, 2.75) is 25.5 Å². The molecule has 0 aliphatic rings. The lowest BCUT2D eigenvalue weighted by atomic mass is 10.1. The fourth-order valence-corrected chi connectivity index (χ4v) is 4.20.